The van der Waals surface area contributed by atoms with Crippen LogP contribution < -0.4 is 19.7 Å². The van der Waals surface area contributed by atoms with Gasteiger partial charge in [-0.3, -0.25) is 4.79 Å². The fourth-order valence-electron chi connectivity index (χ4n) is 3.30. The van der Waals surface area contributed by atoms with Crippen LogP contribution in [0.1, 0.15) is 26.7 Å². The lowest BCUT2D eigenvalue weighted by molar-refractivity contribution is -0.144. The highest BCUT2D eigenvalue weighted by atomic mass is 16.7. The van der Waals surface area contributed by atoms with Crippen molar-refractivity contribution in [3.63, 3.8) is 0 Å². The molecule has 0 bridgehead atoms. The third-order valence-electron chi connectivity index (χ3n) is 4.75. The van der Waals surface area contributed by atoms with E-state index in [0.29, 0.717) is 12.8 Å². The van der Waals surface area contributed by atoms with Crippen LogP contribution in [0, 0.1) is 5.92 Å². The van der Waals surface area contributed by atoms with Crippen molar-refractivity contribution in [1.29, 1.82) is 0 Å². The van der Waals surface area contributed by atoms with E-state index in [4.69, 9.17) is 14.2 Å². The zero-order chi connectivity index (χ0) is 17.1. The Hall–Kier alpha value is -1.95. The Morgan fingerprint density at radius 2 is 1.96 bits per heavy atom. The van der Waals surface area contributed by atoms with Crippen LogP contribution in [0.2, 0.25) is 0 Å². The van der Waals surface area contributed by atoms with Gasteiger partial charge in [0.2, 0.25) is 6.79 Å². The number of esters is 1. The topological polar surface area (TPSA) is 60.0 Å². The predicted molar refractivity (Wildman–Crippen MR) is 91.6 cm³/mol. The molecular weight excluding hydrogens is 308 g/mol. The molecule has 24 heavy (non-hydrogen) atoms. The van der Waals surface area contributed by atoms with Gasteiger partial charge >= 0.3 is 5.97 Å². The van der Waals surface area contributed by atoms with Crippen LogP contribution in [0.5, 0.6) is 11.5 Å². The summed E-state index contributed by atoms with van der Waals surface area (Å²) < 4.78 is 15.7. The van der Waals surface area contributed by atoms with Crippen molar-refractivity contribution in [3.8, 4) is 11.5 Å². The normalized spacial score (nSPS) is 18.8. The molecule has 1 fully saturated rings. The number of nitrogens with one attached hydrogen (secondary N) is 1. The number of hydrogen-bond acceptors (Lipinski definition) is 6. The molecule has 0 spiro atoms. The average Bonchev–Trinajstić information content (AvgIpc) is 3.07. The van der Waals surface area contributed by atoms with Crippen molar-refractivity contribution in [2.75, 3.05) is 31.9 Å². The maximum atomic E-state index is 11.9. The van der Waals surface area contributed by atoms with E-state index in [1.807, 2.05) is 26.0 Å². The van der Waals surface area contributed by atoms with Gasteiger partial charge in [-0.1, -0.05) is 13.8 Å². The number of carbonyl (C=O) groups is 1. The van der Waals surface area contributed by atoms with Crippen LogP contribution in [0.4, 0.5) is 5.69 Å². The van der Waals surface area contributed by atoms with Crippen molar-refractivity contribution < 1.29 is 19.0 Å². The summed E-state index contributed by atoms with van der Waals surface area (Å²) in [5.41, 5.74) is 1.16. The minimum atomic E-state index is -0.239. The van der Waals surface area contributed by atoms with E-state index in [0.717, 1.165) is 43.1 Å². The minimum absolute atomic E-state index is 0.178. The lowest BCUT2D eigenvalue weighted by Gasteiger charge is -2.36. The third kappa shape index (κ3) is 3.59. The first-order valence-corrected chi connectivity index (χ1v) is 8.57. The highest BCUT2D eigenvalue weighted by Crippen LogP contribution is 2.36. The smallest absolute Gasteiger partial charge is 0.323 e. The van der Waals surface area contributed by atoms with E-state index < -0.39 is 0 Å². The molecule has 0 aromatic heterocycles. The summed E-state index contributed by atoms with van der Waals surface area (Å²) in [6, 6.07) is 6.18. The summed E-state index contributed by atoms with van der Waals surface area (Å²) in [5, 5.41) is 3.47. The van der Waals surface area contributed by atoms with Gasteiger partial charge in [0.25, 0.3) is 0 Å². The monoisotopic (exact) mass is 334 g/mol. The average molecular weight is 334 g/mol. The number of benzene rings is 1. The first kappa shape index (κ1) is 16.9. The van der Waals surface area contributed by atoms with Crippen LogP contribution in [0.25, 0.3) is 0 Å². The molecule has 6 nitrogen and oxygen atoms in total. The maximum absolute atomic E-state index is 11.9. The zero-order valence-corrected chi connectivity index (χ0v) is 14.6. The number of nitrogens with zero attached hydrogens (tertiary/aromatic N) is 1. The number of carbonyl (C=O) groups excluding carboxylic acids is 1. The van der Waals surface area contributed by atoms with Crippen molar-refractivity contribution >= 4 is 11.7 Å². The molecule has 1 unspecified atom stereocenters. The molecule has 1 saturated heterocycles. The van der Waals surface area contributed by atoms with Gasteiger partial charge in [0.15, 0.2) is 11.5 Å². The largest absolute Gasteiger partial charge is 0.468 e. The Labute approximate surface area is 143 Å². The van der Waals surface area contributed by atoms with E-state index in [-0.39, 0.29) is 17.9 Å². The Morgan fingerprint density at radius 1 is 1.25 bits per heavy atom. The molecule has 1 aromatic carbocycles. The predicted octanol–water partition coefficient (Wildman–Crippen LogP) is 2.17. The fraction of sp³-hybridized carbons (Fsp3) is 0.611. The van der Waals surface area contributed by atoms with Crippen molar-refractivity contribution in [2.45, 2.75) is 38.8 Å². The van der Waals surface area contributed by atoms with Crippen LogP contribution >= 0.6 is 0 Å². The number of piperidine rings is 1. The lowest BCUT2D eigenvalue weighted by atomic mass is 9.99. The molecule has 0 saturated carbocycles. The van der Waals surface area contributed by atoms with Gasteiger partial charge < -0.3 is 24.4 Å². The van der Waals surface area contributed by atoms with Gasteiger partial charge in [-0.15, -0.1) is 0 Å². The quantitative estimate of drug-likeness (QED) is 0.833. The molecule has 2 aliphatic heterocycles. The standard InChI is InChI=1S/C18H26N2O4/c1-12(2)17(18(21)22-3)19-13-6-8-20(9-7-13)14-4-5-15-16(10-14)24-11-23-15/h4-5,10,12-13,17,19H,6-9,11H2,1-3H3. The highest BCUT2D eigenvalue weighted by molar-refractivity contribution is 5.76. The van der Waals surface area contributed by atoms with Gasteiger partial charge in [0.1, 0.15) is 6.04 Å². The van der Waals surface area contributed by atoms with Crippen molar-refractivity contribution in [3.05, 3.63) is 18.2 Å². The van der Waals surface area contributed by atoms with Gasteiger partial charge in [0.05, 0.1) is 7.11 Å². The highest BCUT2D eigenvalue weighted by Gasteiger charge is 2.28. The molecule has 3 rings (SSSR count). The Kier molecular flexibility index (Phi) is 5.14. The summed E-state index contributed by atoms with van der Waals surface area (Å²) >= 11 is 0. The Balaban J connectivity index is 1.56. The summed E-state index contributed by atoms with van der Waals surface area (Å²) in [4.78, 5) is 14.3. The van der Waals surface area contributed by atoms with Crippen molar-refractivity contribution in [2.24, 2.45) is 5.92 Å². The summed E-state index contributed by atoms with van der Waals surface area (Å²) in [6.07, 6.45) is 1.99. The van der Waals surface area contributed by atoms with Gasteiger partial charge in [-0.05, 0) is 30.9 Å². The van der Waals surface area contributed by atoms with Crippen LogP contribution in [-0.2, 0) is 9.53 Å². The minimum Gasteiger partial charge on any atom is -0.468 e. The molecule has 2 heterocycles. The fourth-order valence-corrected chi connectivity index (χ4v) is 3.30. The lowest BCUT2D eigenvalue weighted by Crippen LogP contribution is -2.51. The summed E-state index contributed by atoms with van der Waals surface area (Å²) in [7, 11) is 1.45. The number of methoxy groups -OCH3 is 1. The molecule has 0 amide bonds. The molecule has 1 atom stereocenters. The third-order valence-corrected chi connectivity index (χ3v) is 4.75. The molecule has 6 heteroatoms. The van der Waals surface area contributed by atoms with E-state index in [9.17, 15) is 4.79 Å². The SMILES string of the molecule is COC(=O)C(NC1CCN(c2ccc3c(c2)OCO3)CC1)C(C)C. The van der Waals surface area contributed by atoms with E-state index in [1.54, 1.807) is 0 Å². The molecule has 0 radical (unpaired) electrons. The number of anilines is 1. The first-order valence-electron chi connectivity index (χ1n) is 8.57. The van der Waals surface area contributed by atoms with Gasteiger partial charge in [-0.2, -0.15) is 0 Å². The molecule has 1 aromatic rings. The van der Waals surface area contributed by atoms with Gasteiger partial charge in [0, 0.05) is 30.9 Å². The van der Waals surface area contributed by atoms with Crippen LogP contribution in [-0.4, -0.2) is 45.0 Å². The molecule has 0 aliphatic carbocycles. The van der Waals surface area contributed by atoms with Crippen molar-refractivity contribution in [1.82, 2.24) is 5.32 Å². The first-order chi connectivity index (χ1) is 11.6. The summed E-state index contributed by atoms with van der Waals surface area (Å²) in [5.74, 6) is 1.67. The molecule has 132 valence electrons. The van der Waals surface area contributed by atoms with Crippen LogP contribution in [0.15, 0.2) is 18.2 Å². The Bertz CT molecular complexity index is 582. The zero-order valence-electron chi connectivity index (χ0n) is 14.6. The van der Waals surface area contributed by atoms with E-state index in [1.165, 1.54) is 7.11 Å². The number of hydrogen-bond donors (Lipinski definition) is 1. The van der Waals surface area contributed by atoms with Crippen LogP contribution in [0.3, 0.4) is 0 Å². The molecule has 2 aliphatic rings. The molecule has 1 N–H and O–H groups in total. The Morgan fingerprint density at radius 3 is 2.62 bits per heavy atom. The second-order valence-electron chi connectivity index (χ2n) is 6.71. The van der Waals surface area contributed by atoms with E-state index >= 15 is 0 Å². The summed E-state index contributed by atoms with van der Waals surface area (Å²) in [6.45, 7) is 6.27. The number of rotatable bonds is 5. The molecular formula is C18H26N2O4. The maximum Gasteiger partial charge on any atom is 0.323 e. The number of ether oxygens (including phenoxy) is 3. The second kappa shape index (κ2) is 7.30. The number of fused-ring (bicyclic) bond motifs is 1. The second-order valence-corrected chi connectivity index (χ2v) is 6.71. The van der Waals surface area contributed by atoms with Gasteiger partial charge in [-0.25, -0.2) is 0 Å². The van der Waals surface area contributed by atoms with E-state index in [2.05, 4.69) is 16.3 Å².